The van der Waals surface area contributed by atoms with Crippen molar-refractivity contribution in [3.63, 3.8) is 0 Å². The molecule has 4 heteroatoms. The Morgan fingerprint density at radius 1 is 1.19 bits per heavy atom. The summed E-state index contributed by atoms with van der Waals surface area (Å²) in [6.45, 7) is 2.25. The summed E-state index contributed by atoms with van der Waals surface area (Å²) in [5.41, 5.74) is 8.03. The topological polar surface area (TPSA) is 53.0 Å². The van der Waals surface area contributed by atoms with E-state index >= 15 is 0 Å². The highest BCUT2D eigenvalue weighted by Crippen LogP contribution is 2.33. The first-order valence-corrected chi connectivity index (χ1v) is 6.88. The number of nitrogens with zero attached hydrogens (tertiary/aromatic N) is 2. The lowest BCUT2D eigenvalue weighted by molar-refractivity contribution is 0.593. The van der Waals surface area contributed by atoms with Crippen molar-refractivity contribution in [2.45, 2.75) is 19.4 Å². The third-order valence-electron chi connectivity index (χ3n) is 3.29. The second-order valence-corrected chi connectivity index (χ2v) is 4.86. The average Bonchev–Trinajstić information content (AvgIpc) is 2.48. The van der Waals surface area contributed by atoms with Crippen molar-refractivity contribution in [2.75, 3.05) is 11.4 Å². The number of nitrogens with two attached hydrogens (primary N) is 1. The van der Waals surface area contributed by atoms with Crippen LogP contribution < -0.4 is 10.6 Å². The Morgan fingerprint density at radius 2 is 1.90 bits per heavy atom. The molecule has 0 amide bonds. The Kier molecular flexibility index (Phi) is 4.91. The lowest BCUT2D eigenvalue weighted by Gasteiger charge is -2.28. The molecule has 0 unspecified atom stereocenters. The molecule has 2 rings (SSSR count). The number of anilines is 2. The van der Waals surface area contributed by atoms with Gasteiger partial charge >= 0.3 is 0 Å². The number of nitriles is 1. The molecule has 0 fully saturated rings. The van der Waals surface area contributed by atoms with Crippen LogP contribution in [0.4, 0.5) is 15.8 Å². The number of hydrogen-bond donors (Lipinski definition) is 1. The molecule has 108 valence electrons. The van der Waals surface area contributed by atoms with E-state index in [2.05, 4.69) is 6.07 Å². The highest BCUT2D eigenvalue weighted by molar-refractivity contribution is 5.67. The number of hydrogen-bond acceptors (Lipinski definition) is 3. The van der Waals surface area contributed by atoms with E-state index in [9.17, 15) is 4.39 Å². The maximum absolute atomic E-state index is 14.1. The van der Waals surface area contributed by atoms with Crippen LogP contribution >= 0.6 is 0 Å². The van der Waals surface area contributed by atoms with E-state index in [-0.39, 0.29) is 5.82 Å². The Morgan fingerprint density at radius 3 is 2.52 bits per heavy atom. The fourth-order valence-electron chi connectivity index (χ4n) is 2.37. The summed E-state index contributed by atoms with van der Waals surface area (Å²) in [6, 6.07) is 16.3. The predicted octanol–water partition coefficient (Wildman–Crippen LogP) is 3.90. The Labute approximate surface area is 124 Å². The van der Waals surface area contributed by atoms with Crippen LogP contribution in [-0.4, -0.2) is 6.54 Å². The van der Waals surface area contributed by atoms with Crippen molar-refractivity contribution in [2.24, 2.45) is 5.73 Å². The van der Waals surface area contributed by atoms with E-state index in [1.54, 1.807) is 13.0 Å². The molecule has 2 aromatic rings. The molecule has 0 heterocycles. The van der Waals surface area contributed by atoms with E-state index in [1.807, 2.05) is 41.3 Å². The van der Waals surface area contributed by atoms with E-state index in [4.69, 9.17) is 11.0 Å². The molecule has 0 bridgehead atoms. The van der Waals surface area contributed by atoms with Crippen molar-refractivity contribution < 1.29 is 4.39 Å². The molecule has 1 atom stereocenters. The third-order valence-corrected chi connectivity index (χ3v) is 3.29. The van der Waals surface area contributed by atoms with Crippen LogP contribution in [0.15, 0.2) is 48.5 Å². The molecule has 0 radical (unpaired) electrons. The normalized spacial score (nSPS) is 11.7. The quantitative estimate of drug-likeness (QED) is 0.905. The van der Waals surface area contributed by atoms with Crippen LogP contribution in [0.25, 0.3) is 0 Å². The smallest absolute Gasteiger partial charge is 0.130 e. The summed E-state index contributed by atoms with van der Waals surface area (Å²) >= 11 is 0. The highest BCUT2D eigenvalue weighted by atomic mass is 19.1. The lowest BCUT2D eigenvalue weighted by atomic mass is 10.0. The van der Waals surface area contributed by atoms with Crippen LogP contribution in [-0.2, 0) is 0 Å². The first-order valence-electron chi connectivity index (χ1n) is 6.88. The summed E-state index contributed by atoms with van der Waals surface area (Å²) in [5, 5.41) is 8.87. The molecular formula is C17H18FN3. The summed E-state index contributed by atoms with van der Waals surface area (Å²) in [6.07, 6.45) is 0.351. The van der Waals surface area contributed by atoms with Crippen LogP contribution in [0, 0.1) is 17.1 Å². The Balaban J connectivity index is 2.52. The van der Waals surface area contributed by atoms with Crippen molar-refractivity contribution in [1.29, 1.82) is 5.26 Å². The monoisotopic (exact) mass is 283 g/mol. The van der Waals surface area contributed by atoms with Crippen molar-refractivity contribution in [3.8, 4) is 6.07 Å². The molecule has 2 N–H and O–H groups in total. The fraction of sp³-hybridized carbons (Fsp3) is 0.235. The first-order chi connectivity index (χ1) is 10.1. The van der Waals surface area contributed by atoms with Gasteiger partial charge in [-0.05, 0) is 31.2 Å². The number of halogens is 1. The third kappa shape index (κ3) is 3.39. The molecule has 0 aliphatic heterocycles. The Bertz CT molecular complexity index is 632. The van der Waals surface area contributed by atoms with E-state index in [1.165, 1.54) is 6.07 Å². The SMILES string of the molecule is C[C@@H](N)c1c(F)cccc1N(CCC#N)c1ccccc1. The van der Waals surface area contributed by atoms with Gasteiger partial charge in [0.05, 0.1) is 12.5 Å². The molecular weight excluding hydrogens is 265 g/mol. The van der Waals surface area contributed by atoms with Crippen molar-refractivity contribution >= 4 is 11.4 Å². The van der Waals surface area contributed by atoms with Gasteiger partial charge in [-0.3, -0.25) is 0 Å². The van der Waals surface area contributed by atoms with Gasteiger partial charge in [0.2, 0.25) is 0 Å². The fourth-order valence-corrected chi connectivity index (χ4v) is 2.37. The second-order valence-electron chi connectivity index (χ2n) is 4.86. The van der Waals surface area contributed by atoms with Crippen molar-refractivity contribution in [1.82, 2.24) is 0 Å². The zero-order valence-electron chi connectivity index (χ0n) is 12.0. The van der Waals surface area contributed by atoms with E-state index in [0.29, 0.717) is 24.2 Å². The van der Waals surface area contributed by atoms with Gasteiger partial charge in [0.25, 0.3) is 0 Å². The molecule has 0 aromatic heterocycles. The number of benzene rings is 2. The molecule has 0 saturated carbocycles. The van der Waals surface area contributed by atoms with Gasteiger partial charge in [0.15, 0.2) is 0 Å². The van der Waals surface area contributed by atoms with E-state index in [0.717, 1.165) is 5.69 Å². The van der Waals surface area contributed by atoms with Gasteiger partial charge < -0.3 is 10.6 Å². The van der Waals surface area contributed by atoms with Gasteiger partial charge in [0, 0.05) is 29.5 Å². The molecule has 21 heavy (non-hydrogen) atoms. The van der Waals surface area contributed by atoms with Crippen molar-refractivity contribution in [3.05, 3.63) is 59.9 Å². The van der Waals surface area contributed by atoms with Gasteiger partial charge in [-0.25, -0.2) is 4.39 Å². The van der Waals surface area contributed by atoms with Crippen LogP contribution in [0.5, 0.6) is 0 Å². The Hall–Kier alpha value is -2.38. The highest BCUT2D eigenvalue weighted by Gasteiger charge is 2.18. The molecule has 0 spiro atoms. The zero-order chi connectivity index (χ0) is 15.2. The van der Waals surface area contributed by atoms with Gasteiger partial charge in [-0.15, -0.1) is 0 Å². The molecule has 0 saturated heterocycles. The minimum absolute atomic E-state index is 0.319. The van der Waals surface area contributed by atoms with Crippen LogP contribution in [0.1, 0.15) is 24.9 Å². The average molecular weight is 283 g/mol. The minimum Gasteiger partial charge on any atom is -0.340 e. The maximum atomic E-state index is 14.1. The summed E-state index contributed by atoms with van der Waals surface area (Å²) in [4.78, 5) is 1.94. The maximum Gasteiger partial charge on any atom is 0.130 e. The molecule has 0 aliphatic carbocycles. The molecule has 0 aliphatic rings. The number of para-hydroxylation sites is 1. The predicted molar refractivity (Wildman–Crippen MR) is 82.7 cm³/mol. The standard InChI is InChI=1S/C17H18FN3/c1-13(20)17-15(18)9-5-10-16(17)21(12-6-11-19)14-7-3-2-4-8-14/h2-5,7-10,13H,6,12,20H2,1H3/t13-/m1/s1. The van der Waals surface area contributed by atoms with E-state index < -0.39 is 6.04 Å². The van der Waals surface area contributed by atoms with Gasteiger partial charge in [-0.1, -0.05) is 24.3 Å². The second kappa shape index (κ2) is 6.87. The van der Waals surface area contributed by atoms with Crippen LogP contribution in [0.3, 0.4) is 0 Å². The molecule has 3 nitrogen and oxygen atoms in total. The minimum atomic E-state index is -0.422. The largest absolute Gasteiger partial charge is 0.340 e. The summed E-state index contributed by atoms with van der Waals surface area (Å²) in [5.74, 6) is -0.319. The van der Waals surface area contributed by atoms with Gasteiger partial charge in [-0.2, -0.15) is 5.26 Å². The summed E-state index contributed by atoms with van der Waals surface area (Å²) in [7, 11) is 0. The first kappa shape index (κ1) is 15.0. The van der Waals surface area contributed by atoms with Crippen LogP contribution in [0.2, 0.25) is 0 Å². The zero-order valence-corrected chi connectivity index (χ0v) is 12.0. The summed E-state index contributed by atoms with van der Waals surface area (Å²) < 4.78 is 14.1. The molecule has 2 aromatic carbocycles. The number of rotatable bonds is 5. The van der Waals surface area contributed by atoms with Gasteiger partial charge in [0.1, 0.15) is 5.82 Å². The lowest BCUT2D eigenvalue weighted by Crippen LogP contribution is -2.22.